The number of nitrogens with one attached hydrogen (secondary N) is 3. The van der Waals surface area contributed by atoms with Gasteiger partial charge in [-0.05, 0) is 57.1 Å². The van der Waals surface area contributed by atoms with Crippen molar-refractivity contribution in [3.05, 3.63) is 36.9 Å². The smallest absolute Gasteiger partial charge is 0.408 e. The van der Waals surface area contributed by atoms with Crippen LogP contribution in [0.15, 0.2) is 41.8 Å². The third kappa shape index (κ3) is 8.69. The number of anilines is 1. The summed E-state index contributed by atoms with van der Waals surface area (Å²) in [4.78, 5) is 36.7. The molecule has 3 rings (SSSR count). The number of ether oxygens (including phenoxy) is 2. The highest BCUT2D eigenvalue weighted by atomic mass is 32.2. The Morgan fingerprint density at radius 1 is 1.12 bits per heavy atom. The van der Waals surface area contributed by atoms with Crippen LogP contribution in [0.2, 0.25) is 0 Å². The van der Waals surface area contributed by atoms with Gasteiger partial charge in [0.25, 0.3) is 15.9 Å². The van der Waals surface area contributed by atoms with Crippen LogP contribution < -0.4 is 21.1 Å². The molecule has 40 heavy (non-hydrogen) atoms. The van der Waals surface area contributed by atoms with E-state index in [1.807, 2.05) is 0 Å². The Morgan fingerprint density at radius 2 is 1.80 bits per heavy atom. The van der Waals surface area contributed by atoms with Gasteiger partial charge in [-0.25, -0.2) is 22.7 Å². The maximum atomic E-state index is 12.9. The van der Waals surface area contributed by atoms with Crippen molar-refractivity contribution in [3.8, 4) is 0 Å². The number of para-hydroxylation sites is 1. The van der Waals surface area contributed by atoms with Crippen LogP contribution >= 0.6 is 0 Å². The molecular formula is C28H42N4O7S. The molecule has 3 atom stereocenters. The van der Waals surface area contributed by atoms with Crippen molar-refractivity contribution in [2.75, 3.05) is 19.0 Å². The summed E-state index contributed by atoms with van der Waals surface area (Å²) >= 11 is 0. The molecule has 222 valence electrons. The molecule has 0 radical (unpaired) electrons. The first kappa shape index (κ1) is 31.4. The first-order chi connectivity index (χ1) is 19.1. The minimum Gasteiger partial charge on any atom is -0.467 e. The molecule has 2 saturated carbocycles. The lowest BCUT2D eigenvalue weighted by molar-refractivity contribution is -0.143. The van der Waals surface area contributed by atoms with E-state index in [1.54, 1.807) is 24.3 Å². The van der Waals surface area contributed by atoms with Crippen molar-refractivity contribution in [3.63, 3.8) is 0 Å². The highest BCUT2D eigenvalue weighted by molar-refractivity contribution is 7.90. The number of methoxy groups -OCH3 is 1. The lowest BCUT2D eigenvalue weighted by atomic mass is 10.1. The number of sulfonamides is 1. The molecule has 1 aromatic rings. The summed E-state index contributed by atoms with van der Waals surface area (Å²) in [5, 5.41) is 5.79. The van der Waals surface area contributed by atoms with Crippen molar-refractivity contribution in [1.29, 1.82) is 0 Å². The Labute approximate surface area is 236 Å². The summed E-state index contributed by atoms with van der Waals surface area (Å²) in [5.41, 5.74) is 5.17. The molecule has 0 saturated heterocycles. The second-order valence-electron chi connectivity index (χ2n) is 10.5. The molecule has 11 nitrogen and oxygen atoms in total. The molecule has 2 fully saturated rings. The third-order valence-electron chi connectivity index (χ3n) is 7.51. The highest BCUT2D eigenvalue weighted by Crippen LogP contribution is 2.42. The molecule has 0 bridgehead atoms. The molecule has 2 aliphatic rings. The van der Waals surface area contributed by atoms with Gasteiger partial charge in [-0.15, -0.1) is 6.58 Å². The number of amides is 2. The van der Waals surface area contributed by atoms with Crippen LogP contribution in [0.4, 0.5) is 10.5 Å². The second kappa shape index (κ2) is 14.5. The molecule has 2 amide bonds. The number of esters is 1. The van der Waals surface area contributed by atoms with Crippen molar-refractivity contribution in [2.45, 2.75) is 93.2 Å². The monoisotopic (exact) mass is 578 g/mol. The lowest BCUT2D eigenvalue weighted by Gasteiger charge is -2.18. The quantitative estimate of drug-likeness (QED) is 0.131. The van der Waals surface area contributed by atoms with Crippen molar-refractivity contribution >= 4 is 33.7 Å². The number of unbranched alkanes of at least 4 members (excludes halogenated alkanes) is 4. The molecule has 0 aromatic heterocycles. The van der Waals surface area contributed by atoms with Gasteiger partial charge >= 0.3 is 12.1 Å². The van der Waals surface area contributed by atoms with Gasteiger partial charge in [-0.2, -0.15) is 0 Å². The average molecular weight is 579 g/mol. The van der Waals surface area contributed by atoms with E-state index in [2.05, 4.69) is 21.9 Å². The highest BCUT2D eigenvalue weighted by Gasteiger charge is 2.56. The molecule has 0 aliphatic heterocycles. The average Bonchev–Trinajstić information content (AvgIpc) is 3.35. The standard InChI is InChI=1S/C28H42N4O7S/c1-3-20-19-28(20,29)26(34)32-40(36,37)24-17-11-10-15-22(24)30-18-12-6-4-5-7-16-23(25(33)38-2)31-27(35)39-21-13-8-9-14-21/h3,10-11,15,17,20-21,23,30H,1,4-9,12-14,16,18-19,29H2,2H3,(H,31,35)(H,32,34)/t20-,23+,28+/m1/s1. The van der Waals surface area contributed by atoms with E-state index in [1.165, 1.54) is 13.2 Å². The van der Waals surface area contributed by atoms with Crippen molar-refractivity contribution in [2.24, 2.45) is 11.7 Å². The number of hydrogen-bond donors (Lipinski definition) is 4. The second-order valence-corrected chi connectivity index (χ2v) is 12.2. The SMILES string of the molecule is C=C[C@@H]1C[C@@]1(N)C(=O)NS(=O)(=O)c1ccccc1NCCCCCCC[C@H](NC(=O)OC1CCCC1)C(=O)OC. The number of alkyl carbamates (subject to hydrolysis) is 1. The number of carbonyl (C=O) groups excluding carboxylic acids is 3. The van der Waals surface area contributed by atoms with Crippen LogP contribution in [0, 0.1) is 5.92 Å². The predicted octanol–water partition coefficient (Wildman–Crippen LogP) is 3.36. The van der Waals surface area contributed by atoms with Crippen LogP contribution in [0.3, 0.4) is 0 Å². The molecule has 2 aliphatic carbocycles. The summed E-state index contributed by atoms with van der Waals surface area (Å²) in [7, 11) is -2.81. The Kier molecular flexibility index (Phi) is 11.4. The number of carbonyl (C=O) groups is 3. The zero-order chi connectivity index (χ0) is 29.2. The van der Waals surface area contributed by atoms with E-state index in [4.69, 9.17) is 15.2 Å². The van der Waals surface area contributed by atoms with Crippen LogP contribution in [-0.2, 0) is 29.1 Å². The van der Waals surface area contributed by atoms with E-state index in [0.29, 0.717) is 25.1 Å². The molecule has 0 spiro atoms. The van der Waals surface area contributed by atoms with Crippen LogP contribution in [0.5, 0.6) is 0 Å². The van der Waals surface area contributed by atoms with Crippen molar-refractivity contribution in [1.82, 2.24) is 10.0 Å². The Balaban J connectivity index is 1.37. The van der Waals surface area contributed by atoms with Gasteiger partial charge in [0.15, 0.2) is 0 Å². The van der Waals surface area contributed by atoms with Gasteiger partial charge in [0, 0.05) is 12.5 Å². The van der Waals surface area contributed by atoms with Crippen LogP contribution in [0.25, 0.3) is 0 Å². The van der Waals surface area contributed by atoms with Crippen molar-refractivity contribution < 1.29 is 32.3 Å². The Bertz CT molecular complexity index is 1150. The zero-order valence-electron chi connectivity index (χ0n) is 23.2. The maximum Gasteiger partial charge on any atom is 0.408 e. The number of benzene rings is 1. The number of nitrogens with two attached hydrogens (primary N) is 1. The largest absolute Gasteiger partial charge is 0.467 e. The van der Waals surface area contributed by atoms with Gasteiger partial charge in [-0.1, -0.05) is 43.9 Å². The van der Waals surface area contributed by atoms with Gasteiger partial charge < -0.3 is 25.8 Å². The fourth-order valence-electron chi connectivity index (χ4n) is 4.93. The maximum absolute atomic E-state index is 12.9. The fourth-order valence-corrected chi connectivity index (χ4v) is 6.16. The van der Waals surface area contributed by atoms with Crippen LogP contribution in [0.1, 0.15) is 70.6 Å². The summed E-state index contributed by atoms with van der Waals surface area (Å²) in [5.74, 6) is -1.46. The third-order valence-corrected chi connectivity index (χ3v) is 8.90. The van der Waals surface area contributed by atoms with E-state index >= 15 is 0 Å². The van der Waals surface area contributed by atoms with Gasteiger partial charge in [0.2, 0.25) is 0 Å². The predicted molar refractivity (Wildman–Crippen MR) is 151 cm³/mol. The molecule has 5 N–H and O–H groups in total. The summed E-state index contributed by atoms with van der Waals surface area (Å²) < 4.78 is 38.1. The van der Waals surface area contributed by atoms with E-state index in [-0.39, 0.29) is 16.9 Å². The minimum absolute atomic E-state index is 0.0180. The zero-order valence-corrected chi connectivity index (χ0v) is 24.0. The molecule has 0 heterocycles. The molecular weight excluding hydrogens is 536 g/mol. The first-order valence-corrected chi connectivity index (χ1v) is 15.5. The molecule has 1 aromatic carbocycles. The van der Waals surface area contributed by atoms with E-state index in [0.717, 1.165) is 57.8 Å². The van der Waals surface area contributed by atoms with E-state index < -0.39 is 39.6 Å². The minimum atomic E-state index is -4.11. The molecule has 12 heteroatoms. The summed E-state index contributed by atoms with van der Waals surface area (Å²) in [6.45, 7) is 4.16. The summed E-state index contributed by atoms with van der Waals surface area (Å²) in [6, 6.07) is 5.66. The number of hydrogen-bond acceptors (Lipinski definition) is 9. The Hall–Kier alpha value is -3.12. The summed E-state index contributed by atoms with van der Waals surface area (Å²) in [6.07, 6.45) is 9.70. The van der Waals surface area contributed by atoms with E-state index in [9.17, 15) is 22.8 Å². The number of rotatable bonds is 16. The topological polar surface area (TPSA) is 166 Å². The van der Waals surface area contributed by atoms with Gasteiger partial charge in [-0.3, -0.25) is 4.79 Å². The lowest BCUT2D eigenvalue weighted by Crippen LogP contribution is -2.46. The molecule has 0 unspecified atom stereocenters. The van der Waals surface area contributed by atoms with Gasteiger partial charge in [0.1, 0.15) is 22.6 Å². The fraction of sp³-hybridized carbons (Fsp3) is 0.607. The Morgan fingerprint density at radius 3 is 2.48 bits per heavy atom. The van der Waals surface area contributed by atoms with Crippen LogP contribution in [-0.4, -0.2) is 57.7 Å². The van der Waals surface area contributed by atoms with Gasteiger partial charge in [0.05, 0.1) is 12.8 Å². The first-order valence-electron chi connectivity index (χ1n) is 14.0. The normalized spacial score (nSPS) is 21.2.